The van der Waals surface area contributed by atoms with Crippen molar-refractivity contribution in [3.63, 3.8) is 0 Å². The average Bonchev–Trinajstić information content (AvgIpc) is 3.01. The second-order valence-electron chi connectivity index (χ2n) is 13.0. The molecule has 4 aliphatic rings. The van der Waals surface area contributed by atoms with E-state index in [0.29, 0.717) is 23.7 Å². The van der Waals surface area contributed by atoms with E-state index in [4.69, 9.17) is 5.73 Å². The number of hydrogen-bond donors (Lipinski definition) is 3. The molecular weight excluding hydrogens is 370 g/mol. The van der Waals surface area contributed by atoms with E-state index in [1.807, 2.05) is 0 Å². The summed E-state index contributed by atoms with van der Waals surface area (Å²) in [7, 11) is 0. The SMILES string of the molecule is CC(C)CCCC(C)[C@H]1CC[C@H]2[C@@H]3C[C@@H](N)[C@@]4(O)C[C@@H](O)CC[C@]4(C)[C@H]3CC[C@]12C. The summed E-state index contributed by atoms with van der Waals surface area (Å²) in [6.07, 6.45) is 12.2. The predicted molar refractivity (Wildman–Crippen MR) is 124 cm³/mol. The summed E-state index contributed by atoms with van der Waals surface area (Å²) in [5.74, 6) is 4.50. The first kappa shape index (κ1) is 23.1. The molecule has 10 atom stereocenters. The lowest BCUT2D eigenvalue weighted by Crippen LogP contribution is -2.70. The maximum Gasteiger partial charge on any atom is 0.0878 e. The number of rotatable bonds is 5. The first-order chi connectivity index (χ1) is 14.0. The summed E-state index contributed by atoms with van der Waals surface area (Å²) in [4.78, 5) is 0. The van der Waals surface area contributed by atoms with Crippen molar-refractivity contribution in [2.24, 2.45) is 52.1 Å². The zero-order chi connectivity index (χ0) is 21.9. The second-order valence-corrected chi connectivity index (χ2v) is 13.0. The summed E-state index contributed by atoms with van der Waals surface area (Å²) in [5.41, 5.74) is 6.17. The van der Waals surface area contributed by atoms with E-state index in [-0.39, 0.29) is 17.6 Å². The highest BCUT2D eigenvalue weighted by atomic mass is 16.3. The molecule has 0 bridgehead atoms. The maximum atomic E-state index is 11.7. The zero-order valence-corrected chi connectivity index (χ0v) is 20.4. The van der Waals surface area contributed by atoms with Crippen LogP contribution in [0.25, 0.3) is 0 Å². The molecule has 0 amide bonds. The molecule has 4 N–H and O–H groups in total. The average molecular weight is 420 g/mol. The number of nitrogens with two attached hydrogens (primary N) is 1. The summed E-state index contributed by atoms with van der Waals surface area (Å²) in [5, 5.41) is 22.0. The molecule has 0 radical (unpaired) electrons. The van der Waals surface area contributed by atoms with Crippen molar-refractivity contribution in [3.8, 4) is 0 Å². The van der Waals surface area contributed by atoms with Gasteiger partial charge in [-0.15, -0.1) is 0 Å². The summed E-state index contributed by atoms with van der Waals surface area (Å²) < 4.78 is 0. The Morgan fingerprint density at radius 1 is 0.967 bits per heavy atom. The van der Waals surface area contributed by atoms with Crippen LogP contribution in [-0.2, 0) is 0 Å². The van der Waals surface area contributed by atoms with Crippen LogP contribution >= 0.6 is 0 Å². The van der Waals surface area contributed by atoms with Crippen molar-refractivity contribution < 1.29 is 10.2 Å². The molecule has 4 saturated carbocycles. The Kier molecular flexibility index (Phi) is 6.17. The smallest absolute Gasteiger partial charge is 0.0878 e. The Labute approximate surface area is 185 Å². The number of hydrogen-bond acceptors (Lipinski definition) is 3. The van der Waals surface area contributed by atoms with Crippen molar-refractivity contribution in [1.29, 1.82) is 0 Å². The Hall–Kier alpha value is -0.120. The Balaban J connectivity index is 1.53. The van der Waals surface area contributed by atoms with Crippen LogP contribution in [0.2, 0.25) is 0 Å². The predicted octanol–water partition coefficient (Wildman–Crippen LogP) is 5.52. The van der Waals surface area contributed by atoms with Crippen LogP contribution in [0, 0.1) is 46.3 Å². The molecule has 1 unspecified atom stereocenters. The van der Waals surface area contributed by atoms with Crippen molar-refractivity contribution in [2.45, 2.75) is 123 Å². The first-order valence-electron chi connectivity index (χ1n) is 13.2. The van der Waals surface area contributed by atoms with E-state index < -0.39 is 5.60 Å². The molecule has 0 heterocycles. The highest BCUT2D eigenvalue weighted by molar-refractivity contribution is 5.18. The van der Waals surface area contributed by atoms with Crippen molar-refractivity contribution >= 4 is 0 Å². The summed E-state index contributed by atoms with van der Waals surface area (Å²) in [6, 6.07) is -0.191. The van der Waals surface area contributed by atoms with Crippen LogP contribution in [0.1, 0.15) is 105 Å². The Morgan fingerprint density at radius 3 is 2.40 bits per heavy atom. The lowest BCUT2D eigenvalue weighted by atomic mass is 9.42. The third-order valence-corrected chi connectivity index (χ3v) is 11.1. The normalized spacial score (nSPS) is 51.9. The van der Waals surface area contributed by atoms with Gasteiger partial charge in [0.05, 0.1) is 11.7 Å². The van der Waals surface area contributed by atoms with Gasteiger partial charge in [-0.3, -0.25) is 0 Å². The lowest BCUT2D eigenvalue weighted by Gasteiger charge is -2.66. The van der Waals surface area contributed by atoms with Gasteiger partial charge >= 0.3 is 0 Å². The van der Waals surface area contributed by atoms with Gasteiger partial charge < -0.3 is 15.9 Å². The summed E-state index contributed by atoms with van der Waals surface area (Å²) >= 11 is 0. The summed E-state index contributed by atoms with van der Waals surface area (Å²) in [6.45, 7) is 12.2. The molecule has 4 rings (SSSR count). The second kappa shape index (κ2) is 8.03. The first-order valence-corrected chi connectivity index (χ1v) is 13.2. The third kappa shape index (κ3) is 3.41. The monoisotopic (exact) mass is 419 g/mol. The van der Waals surface area contributed by atoms with Crippen LogP contribution in [0.4, 0.5) is 0 Å². The minimum Gasteiger partial charge on any atom is -0.393 e. The number of aliphatic hydroxyl groups is 2. The van der Waals surface area contributed by atoms with E-state index >= 15 is 0 Å². The van der Waals surface area contributed by atoms with Crippen molar-refractivity contribution in [3.05, 3.63) is 0 Å². The molecule has 3 nitrogen and oxygen atoms in total. The molecule has 0 aromatic carbocycles. The van der Waals surface area contributed by atoms with Gasteiger partial charge in [0.25, 0.3) is 0 Å². The fourth-order valence-corrected chi connectivity index (χ4v) is 9.38. The molecule has 0 aliphatic heterocycles. The van der Waals surface area contributed by atoms with Crippen LogP contribution in [0.3, 0.4) is 0 Å². The molecule has 0 saturated heterocycles. The fraction of sp³-hybridized carbons (Fsp3) is 1.00. The van der Waals surface area contributed by atoms with E-state index in [0.717, 1.165) is 42.9 Å². The molecule has 3 heteroatoms. The van der Waals surface area contributed by atoms with Crippen molar-refractivity contribution in [2.75, 3.05) is 0 Å². The van der Waals surface area contributed by atoms with E-state index in [1.54, 1.807) is 0 Å². The third-order valence-electron chi connectivity index (χ3n) is 11.1. The fourth-order valence-electron chi connectivity index (χ4n) is 9.38. The molecule has 4 aliphatic carbocycles. The molecule has 30 heavy (non-hydrogen) atoms. The quantitative estimate of drug-likeness (QED) is 0.549. The van der Waals surface area contributed by atoms with Gasteiger partial charge in [-0.2, -0.15) is 0 Å². The van der Waals surface area contributed by atoms with Gasteiger partial charge in [-0.05, 0) is 85.9 Å². The minimum atomic E-state index is -0.887. The van der Waals surface area contributed by atoms with Gasteiger partial charge in [0.15, 0.2) is 0 Å². The maximum absolute atomic E-state index is 11.7. The van der Waals surface area contributed by atoms with E-state index in [2.05, 4.69) is 34.6 Å². The molecule has 0 aromatic heterocycles. The highest BCUT2D eigenvalue weighted by Gasteiger charge is 2.66. The van der Waals surface area contributed by atoms with Crippen LogP contribution in [0.5, 0.6) is 0 Å². The van der Waals surface area contributed by atoms with Crippen LogP contribution in [-0.4, -0.2) is 28.0 Å². The number of fused-ring (bicyclic) bond motifs is 5. The molecule has 0 aromatic rings. The topological polar surface area (TPSA) is 66.5 Å². The number of aliphatic hydroxyl groups excluding tert-OH is 1. The molecule has 0 spiro atoms. The Bertz CT molecular complexity index is 622. The van der Waals surface area contributed by atoms with Gasteiger partial charge in [-0.25, -0.2) is 0 Å². The largest absolute Gasteiger partial charge is 0.393 e. The van der Waals surface area contributed by atoms with Gasteiger partial charge in [-0.1, -0.05) is 53.9 Å². The van der Waals surface area contributed by atoms with Crippen LogP contribution < -0.4 is 5.73 Å². The highest BCUT2D eigenvalue weighted by Crippen LogP contribution is 2.69. The van der Waals surface area contributed by atoms with Gasteiger partial charge in [0.2, 0.25) is 0 Å². The molecule has 4 fully saturated rings. The van der Waals surface area contributed by atoms with Gasteiger partial charge in [0, 0.05) is 17.9 Å². The minimum absolute atomic E-state index is 0.128. The standard InChI is InChI=1S/C27H49NO2/c1-17(2)7-6-8-18(3)21-9-10-22-20-15-24(28)27(30)16-19(29)11-14-26(27,5)23(20)12-13-25(21,22)4/h17-24,29-30H,6-16,28H2,1-5H3/t18?,19-,20-,21+,22-,23-,24+,25+,26+,27-/m0/s1. The van der Waals surface area contributed by atoms with Gasteiger partial charge in [0.1, 0.15) is 0 Å². The zero-order valence-electron chi connectivity index (χ0n) is 20.4. The molecular formula is C27H49NO2. The van der Waals surface area contributed by atoms with Crippen LogP contribution in [0.15, 0.2) is 0 Å². The van der Waals surface area contributed by atoms with E-state index in [9.17, 15) is 10.2 Å². The lowest BCUT2D eigenvalue weighted by molar-refractivity contribution is -0.228. The van der Waals surface area contributed by atoms with Crippen molar-refractivity contribution in [1.82, 2.24) is 0 Å². The molecule has 174 valence electrons. The Morgan fingerprint density at radius 2 is 1.70 bits per heavy atom. The van der Waals surface area contributed by atoms with E-state index in [1.165, 1.54) is 44.9 Å².